The van der Waals surface area contributed by atoms with E-state index in [0.29, 0.717) is 19.3 Å². The summed E-state index contributed by atoms with van der Waals surface area (Å²) in [5.74, 6) is -1.47. The molecular weight excluding hydrogens is 654 g/mol. The first kappa shape index (κ1) is 50.1. The topological polar surface area (TPSA) is 99.1 Å². The molecule has 0 bridgehead atoms. The normalized spacial score (nSPS) is 13.0. The monoisotopic (exact) mass is 739 g/mol. The minimum atomic E-state index is -0.874. The zero-order valence-electron chi connectivity index (χ0n) is 34.8. The van der Waals surface area contributed by atoms with Crippen LogP contribution in [0.15, 0.2) is 12.2 Å². The number of carboxylic acid groups (broad SMARTS) is 1. The smallest absolute Gasteiger partial charge is 0.362 e. The molecule has 0 heterocycles. The predicted molar refractivity (Wildman–Crippen MR) is 215 cm³/mol. The van der Waals surface area contributed by atoms with E-state index in [1.807, 2.05) is 21.1 Å². The van der Waals surface area contributed by atoms with Gasteiger partial charge >= 0.3 is 17.9 Å². The van der Waals surface area contributed by atoms with Gasteiger partial charge in [0.15, 0.2) is 12.1 Å². The summed E-state index contributed by atoms with van der Waals surface area (Å²) in [5, 5.41) is 9.60. The highest BCUT2D eigenvalue weighted by Crippen LogP contribution is 2.15. The number of allylic oxidation sites excluding steroid dienone is 2. The zero-order chi connectivity index (χ0) is 38.5. The third-order valence-corrected chi connectivity index (χ3v) is 9.91. The molecule has 0 radical (unpaired) electrons. The molecule has 2 atom stereocenters. The number of hydrogen-bond acceptors (Lipinski definition) is 6. The van der Waals surface area contributed by atoms with Gasteiger partial charge in [-0.15, -0.1) is 0 Å². The average molecular weight is 739 g/mol. The molecule has 1 N–H and O–H groups in total. The SMILES string of the molecule is CCCCCCCCC/C=C/CCCCCC(=O)OCC(COCCC(C(=O)O)[N+](C)(C)C)OC(=O)CCCCCCCCCCCCCCCC. The lowest BCUT2D eigenvalue weighted by Crippen LogP contribution is -2.50. The summed E-state index contributed by atoms with van der Waals surface area (Å²) < 4.78 is 17.3. The maximum Gasteiger partial charge on any atom is 0.362 e. The second-order valence-electron chi connectivity index (χ2n) is 16.0. The van der Waals surface area contributed by atoms with Crippen LogP contribution in [0.3, 0.4) is 0 Å². The van der Waals surface area contributed by atoms with Crippen LogP contribution in [0.2, 0.25) is 0 Å². The third kappa shape index (κ3) is 33.9. The fourth-order valence-electron chi connectivity index (χ4n) is 6.50. The van der Waals surface area contributed by atoms with Crippen LogP contribution in [-0.2, 0) is 28.6 Å². The highest BCUT2D eigenvalue weighted by atomic mass is 16.6. The van der Waals surface area contributed by atoms with E-state index >= 15 is 0 Å². The fourth-order valence-corrected chi connectivity index (χ4v) is 6.50. The van der Waals surface area contributed by atoms with Crippen LogP contribution >= 0.6 is 0 Å². The molecule has 0 aromatic heterocycles. The van der Waals surface area contributed by atoms with Gasteiger partial charge in [-0.05, 0) is 38.5 Å². The van der Waals surface area contributed by atoms with Crippen LogP contribution < -0.4 is 0 Å². The second-order valence-corrected chi connectivity index (χ2v) is 16.0. The second kappa shape index (κ2) is 36.1. The van der Waals surface area contributed by atoms with E-state index in [-0.39, 0.29) is 36.2 Å². The van der Waals surface area contributed by atoms with Crippen molar-refractivity contribution in [3.05, 3.63) is 12.2 Å². The first-order valence-corrected chi connectivity index (χ1v) is 21.7. The first-order valence-electron chi connectivity index (χ1n) is 21.7. The molecule has 0 saturated heterocycles. The Kier molecular flexibility index (Phi) is 34.7. The van der Waals surface area contributed by atoms with E-state index in [9.17, 15) is 19.5 Å². The van der Waals surface area contributed by atoms with E-state index in [0.717, 1.165) is 51.4 Å². The Balaban J connectivity index is 4.36. The molecule has 0 aromatic carbocycles. The Morgan fingerprint density at radius 1 is 0.558 bits per heavy atom. The summed E-state index contributed by atoms with van der Waals surface area (Å²) in [6, 6.07) is -0.611. The summed E-state index contributed by atoms with van der Waals surface area (Å²) in [5.41, 5.74) is 0. The quantitative estimate of drug-likeness (QED) is 0.0290. The van der Waals surface area contributed by atoms with Gasteiger partial charge in [0, 0.05) is 19.3 Å². The van der Waals surface area contributed by atoms with Crippen molar-refractivity contribution in [3.8, 4) is 0 Å². The average Bonchev–Trinajstić information content (AvgIpc) is 3.09. The molecule has 306 valence electrons. The number of carboxylic acids is 1. The molecule has 8 heteroatoms. The summed E-state index contributed by atoms with van der Waals surface area (Å²) >= 11 is 0. The van der Waals surface area contributed by atoms with Crippen LogP contribution in [0.1, 0.15) is 200 Å². The van der Waals surface area contributed by atoms with Gasteiger partial charge in [0.2, 0.25) is 0 Å². The van der Waals surface area contributed by atoms with Crippen LogP contribution in [0.5, 0.6) is 0 Å². The van der Waals surface area contributed by atoms with Crippen LogP contribution in [0, 0.1) is 0 Å². The summed E-state index contributed by atoms with van der Waals surface area (Å²) in [6.45, 7) is 4.73. The molecule has 0 aromatic rings. The Bertz CT molecular complexity index is 869. The lowest BCUT2D eigenvalue weighted by atomic mass is 10.0. The highest BCUT2D eigenvalue weighted by Gasteiger charge is 2.31. The maximum atomic E-state index is 12.7. The van der Waals surface area contributed by atoms with Crippen molar-refractivity contribution >= 4 is 17.9 Å². The fraction of sp³-hybridized carbons (Fsp3) is 0.886. The molecule has 0 aliphatic rings. The number of esters is 2. The number of likely N-dealkylation sites (N-methyl/N-ethyl adjacent to an activating group) is 1. The Labute approximate surface area is 320 Å². The van der Waals surface area contributed by atoms with Gasteiger partial charge in [0.25, 0.3) is 0 Å². The molecule has 0 aliphatic heterocycles. The van der Waals surface area contributed by atoms with Gasteiger partial charge in [0.1, 0.15) is 6.61 Å². The zero-order valence-corrected chi connectivity index (χ0v) is 34.8. The number of quaternary nitrogens is 1. The Morgan fingerprint density at radius 3 is 1.40 bits per heavy atom. The molecule has 52 heavy (non-hydrogen) atoms. The summed E-state index contributed by atoms with van der Waals surface area (Å²) in [6.07, 6.45) is 36.7. The molecule has 0 aliphatic carbocycles. The predicted octanol–water partition coefficient (Wildman–Crippen LogP) is 11.5. The van der Waals surface area contributed by atoms with Crippen molar-refractivity contribution < 1.29 is 38.2 Å². The number of aliphatic carboxylic acids is 1. The van der Waals surface area contributed by atoms with Crippen molar-refractivity contribution in [1.29, 1.82) is 0 Å². The number of rotatable bonds is 39. The number of ether oxygens (including phenoxy) is 3. The minimum Gasteiger partial charge on any atom is -0.477 e. The van der Waals surface area contributed by atoms with Crippen LogP contribution in [-0.4, -0.2) is 80.6 Å². The number of hydrogen-bond donors (Lipinski definition) is 1. The minimum absolute atomic E-state index is 0.0532. The number of unbranched alkanes of at least 4 members (excludes halogenated alkanes) is 23. The van der Waals surface area contributed by atoms with Gasteiger partial charge in [0.05, 0.1) is 34.4 Å². The van der Waals surface area contributed by atoms with Crippen molar-refractivity contribution in [2.45, 2.75) is 212 Å². The van der Waals surface area contributed by atoms with Gasteiger partial charge < -0.3 is 23.8 Å². The Hall–Kier alpha value is -1.93. The van der Waals surface area contributed by atoms with E-state index in [2.05, 4.69) is 26.0 Å². The van der Waals surface area contributed by atoms with Crippen LogP contribution in [0.4, 0.5) is 0 Å². The highest BCUT2D eigenvalue weighted by molar-refractivity contribution is 5.72. The number of carbonyl (C=O) groups excluding carboxylic acids is 2. The molecule has 0 amide bonds. The standard InChI is InChI=1S/C44H83NO7/c1-6-8-10-12-14-16-18-20-22-24-26-28-30-32-34-42(46)51-39-40(38-50-37-36-41(44(48)49)45(3,4)5)52-43(47)35-33-31-29-27-25-23-21-19-17-15-13-11-9-7-2/h22,24,40-41H,6-21,23,25-39H2,1-5H3/p+1/b24-22+. The third-order valence-electron chi connectivity index (χ3n) is 9.91. The number of carbonyl (C=O) groups is 3. The molecule has 0 spiro atoms. The van der Waals surface area contributed by atoms with E-state index in [1.165, 1.54) is 116 Å². The largest absolute Gasteiger partial charge is 0.477 e. The van der Waals surface area contributed by atoms with Gasteiger partial charge in [-0.2, -0.15) is 0 Å². The molecular formula is C44H84NO7+. The lowest BCUT2D eigenvalue weighted by Gasteiger charge is -2.31. The van der Waals surface area contributed by atoms with E-state index in [4.69, 9.17) is 14.2 Å². The van der Waals surface area contributed by atoms with E-state index in [1.54, 1.807) is 0 Å². The lowest BCUT2D eigenvalue weighted by molar-refractivity contribution is -0.887. The van der Waals surface area contributed by atoms with Crippen molar-refractivity contribution in [3.63, 3.8) is 0 Å². The van der Waals surface area contributed by atoms with Crippen LogP contribution in [0.25, 0.3) is 0 Å². The molecule has 8 nitrogen and oxygen atoms in total. The Morgan fingerprint density at radius 2 is 0.962 bits per heavy atom. The van der Waals surface area contributed by atoms with Crippen molar-refractivity contribution in [2.75, 3.05) is 41.0 Å². The summed E-state index contributed by atoms with van der Waals surface area (Å²) in [7, 11) is 5.53. The van der Waals surface area contributed by atoms with Crippen molar-refractivity contribution in [2.24, 2.45) is 0 Å². The summed E-state index contributed by atoms with van der Waals surface area (Å²) in [4.78, 5) is 36.9. The maximum absolute atomic E-state index is 12.7. The van der Waals surface area contributed by atoms with Gasteiger partial charge in [-0.3, -0.25) is 9.59 Å². The number of nitrogens with zero attached hydrogens (tertiary/aromatic N) is 1. The molecule has 0 saturated carbocycles. The van der Waals surface area contributed by atoms with E-state index < -0.39 is 18.1 Å². The molecule has 0 fully saturated rings. The van der Waals surface area contributed by atoms with Crippen molar-refractivity contribution in [1.82, 2.24) is 0 Å². The molecule has 2 unspecified atom stereocenters. The molecule has 0 rings (SSSR count). The van der Waals surface area contributed by atoms with Gasteiger partial charge in [-0.1, -0.05) is 154 Å². The first-order chi connectivity index (χ1) is 25.1. The van der Waals surface area contributed by atoms with Gasteiger partial charge in [-0.25, -0.2) is 4.79 Å².